The van der Waals surface area contributed by atoms with Crippen LogP contribution in [0.3, 0.4) is 0 Å². The van der Waals surface area contributed by atoms with Gasteiger partial charge in [-0.25, -0.2) is 0 Å². The summed E-state index contributed by atoms with van der Waals surface area (Å²) in [6.45, 7) is 6.75. The number of nitrogens with zero attached hydrogens (tertiary/aromatic N) is 2. The average Bonchev–Trinajstić information content (AvgIpc) is 2.64. The third-order valence-electron chi connectivity index (χ3n) is 2.48. The lowest BCUT2D eigenvalue weighted by molar-refractivity contribution is -0.120. The van der Waals surface area contributed by atoms with E-state index < -0.39 is 0 Å². The highest BCUT2D eigenvalue weighted by Crippen LogP contribution is 2.05. The van der Waals surface area contributed by atoms with Crippen LogP contribution in [0.2, 0.25) is 0 Å². The van der Waals surface area contributed by atoms with E-state index in [4.69, 9.17) is 5.73 Å². The summed E-state index contributed by atoms with van der Waals surface area (Å²) in [5.74, 6) is 0.277. The highest BCUT2D eigenvalue weighted by Gasteiger charge is 2.17. The van der Waals surface area contributed by atoms with Gasteiger partial charge in [-0.05, 0) is 18.4 Å². The molecule has 0 amide bonds. The molecule has 0 aliphatic rings. The zero-order valence-corrected chi connectivity index (χ0v) is 9.60. The number of hydrogen-bond donors (Lipinski definition) is 1. The van der Waals surface area contributed by atoms with Gasteiger partial charge < -0.3 is 5.73 Å². The van der Waals surface area contributed by atoms with E-state index in [9.17, 15) is 4.79 Å². The van der Waals surface area contributed by atoms with Crippen LogP contribution in [-0.4, -0.2) is 21.6 Å². The Bertz CT molecular complexity index is 330. The molecule has 1 aromatic heterocycles. The number of carbonyl (C=O) groups excluding carboxylic acids is 1. The van der Waals surface area contributed by atoms with E-state index in [1.54, 1.807) is 6.20 Å². The third kappa shape index (κ3) is 3.16. The van der Waals surface area contributed by atoms with Crippen LogP contribution in [0.1, 0.15) is 26.3 Å². The normalized spacial score (nSPS) is 13.1. The Labute approximate surface area is 90.5 Å². The molecule has 84 valence electrons. The van der Waals surface area contributed by atoms with Crippen molar-refractivity contribution >= 4 is 5.78 Å². The summed E-state index contributed by atoms with van der Waals surface area (Å²) in [6.07, 6.45) is 4.01. The van der Waals surface area contributed by atoms with Gasteiger partial charge in [0, 0.05) is 19.2 Å². The number of nitrogens with two attached hydrogens (primary N) is 1. The van der Waals surface area contributed by atoms with E-state index in [-0.39, 0.29) is 17.7 Å². The Morgan fingerprint density at radius 2 is 2.27 bits per heavy atom. The second-order valence-electron chi connectivity index (χ2n) is 4.12. The van der Waals surface area contributed by atoms with Crippen LogP contribution >= 0.6 is 0 Å². The van der Waals surface area contributed by atoms with Crippen molar-refractivity contribution in [1.29, 1.82) is 0 Å². The zero-order chi connectivity index (χ0) is 11.4. The zero-order valence-electron chi connectivity index (χ0n) is 9.60. The molecule has 0 saturated heterocycles. The van der Waals surface area contributed by atoms with Gasteiger partial charge in [0.05, 0.1) is 12.2 Å². The molecule has 4 heteroatoms. The summed E-state index contributed by atoms with van der Waals surface area (Å²) in [7, 11) is 0. The summed E-state index contributed by atoms with van der Waals surface area (Å²) in [4.78, 5) is 11.7. The van der Waals surface area contributed by atoms with E-state index in [0.717, 1.165) is 12.1 Å². The molecule has 0 aliphatic heterocycles. The molecule has 0 saturated carbocycles. The average molecular weight is 209 g/mol. The SMILES string of the molecule is CCn1cc(CC(=O)C(N)C(C)C)cn1. The van der Waals surface area contributed by atoms with Crippen molar-refractivity contribution < 1.29 is 4.79 Å². The van der Waals surface area contributed by atoms with Gasteiger partial charge in [-0.3, -0.25) is 9.48 Å². The van der Waals surface area contributed by atoms with Crippen molar-refractivity contribution in [2.24, 2.45) is 11.7 Å². The lowest BCUT2D eigenvalue weighted by atomic mass is 9.97. The largest absolute Gasteiger partial charge is 0.321 e. The molecule has 1 aromatic rings. The summed E-state index contributed by atoms with van der Waals surface area (Å²) < 4.78 is 1.81. The van der Waals surface area contributed by atoms with Crippen LogP contribution in [0.5, 0.6) is 0 Å². The lowest BCUT2D eigenvalue weighted by Gasteiger charge is -2.13. The first-order valence-corrected chi connectivity index (χ1v) is 5.34. The first-order chi connectivity index (χ1) is 7.04. The molecular weight excluding hydrogens is 190 g/mol. The van der Waals surface area contributed by atoms with Crippen molar-refractivity contribution in [2.75, 3.05) is 0 Å². The smallest absolute Gasteiger partial charge is 0.154 e. The number of rotatable bonds is 5. The predicted octanol–water partition coefficient (Wildman–Crippen LogP) is 0.998. The molecule has 0 fully saturated rings. The molecule has 15 heavy (non-hydrogen) atoms. The highest BCUT2D eigenvalue weighted by atomic mass is 16.1. The van der Waals surface area contributed by atoms with Crippen molar-refractivity contribution in [2.45, 2.75) is 39.8 Å². The third-order valence-corrected chi connectivity index (χ3v) is 2.48. The van der Waals surface area contributed by atoms with E-state index >= 15 is 0 Å². The summed E-state index contributed by atoms with van der Waals surface area (Å²) in [6, 6.07) is -0.366. The highest BCUT2D eigenvalue weighted by molar-refractivity contribution is 5.85. The van der Waals surface area contributed by atoms with Gasteiger partial charge in [-0.2, -0.15) is 5.10 Å². The van der Waals surface area contributed by atoms with E-state index in [1.807, 2.05) is 31.6 Å². The van der Waals surface area contributed by atoms with Gasteiger partial charge >= 0.3 is 0 Å². The molecule has 0 radical (unpaired) electrons. The van der Waals surface area contributed by atoms with E-state index in [2.05, 4.69) is 5.10 Å². The minimum Gasteiger partial charge on any atom is -0.321 e. The van der Waals surface area contributed by atoms with Crippen LogP contribution in [0.25, 0.3) is 0 Å². The minimum atomic E-state index is -0.366. The standard InChI is InChI=1S/C11H19N3O/c1-4-14-7-9(6-13-14)5-10(15)11(12)8(2)3/h6-8,11H,4-5,12H2,1-3H3. The van der Waals surface area contributed by atoms with E-state index in [0.29, 0.717) is 6.42 Å². The number of aryl methyl sites for hydroxylation is 1. The van der Waals surface area contributed by atoms with Gasteiger partial charge in [0.2, 0.25) is 0 Å². The molecule has 0 aromatic carbocycles. The van der Waals surface area contributed by atoms with Crippen molar-refractivity contribution in [3.8, 4) is 0 Å². The van der Waals surface area contributed by atoms with Crippen LogP contribution in [-0.2, 0) is 17.8 Å². The fraction of sp³-hybridized carbons (Fsp3) is 0.636. The second kappa shape index (κ2) is 5.07. The van der Waals surface area contributed by atoms with Crippen molar-refractivity contribution in [3.05, 3.63) is 18.0 Å². The number of aromatic nitrogens is 2. The molecule has 1 rings (SSSR count). The van der Waals surface area contributed by atoms with Gasteiger partial charge in [0.15, 0.2) is 5.78 Å². The van der Waals surface area contributed by atoms with Crippen molar-refractivity contribution in [1.82, 2.24) is 9.78 Å². The topological polar surface area (TPSA) is 60.9 Å². The Kier molecular flexibility index (Phi) is 4.03. The van der Waals surface area contributed by atoms with Gasteiger partial charge in [0.1, 0.15) is 0 Å². The Hall–Kier alpha value is -1.16. The first kappa shape index (κ1) is 11.9. The summed E-state index contributed by atoms with van der Waals surface area (Å²) in [5.41, 5.74) is 6.71. The molecule has 0 aliphatic carbocycles. The molecule has 2 N–H and O–H groups in total. The maximum Gasteiger partial charge on any atom is 0.154 e. The molecule has 1 unspecified atom stereocenters. The number of hydrogen-bond acceptors (Lipinski definition) is 3. The maximum absolute atomic E-state index is 11.7. The predicted molar refractivity (Wildman–Crippen MR) is 59.4 cm³/mol. The number of Topliss-reactive ketones (excluding diaryl/α,β-unsaturated/α-hetero) is 1. The maximum atomic E-state index is 11.7. The van der Waals surface area contributed by atoms with Crippen LogP contribution < -0.4 is 5.73 Å². The molecule has 1 heterocycles. The lowest BCUT2D eigenvalue weighted by Crippen LogP contribution is -2.36. The molecule has 1 atom stereocenters. The van der Waals surface area contributed by atoms with Crippen molar-refractivity contribution in [3.63, 3.8) is 0 Å². The fourth-order valence-electron chi connectivity index (χ4n) is 1.36. The monoisotopic (exact) mass is 209 g/mol. The molecule has 0 bridgehead atoms. The minimum absolute atomic E-state index is 0.0839. The van der Waals surface area contributed by atoms with Crippen LogP contribution in [0.4, 0.5) is 0 Å². The van der Waals surface area contributed by atoms with Crippen LogP contribution in [0, 0.1) is 5.92 Å². The summed E-state index contributed by atoms with van der Waals surface area (Å²) in [5, 5.41) is 4.12. The quantitative estimate of drug-likeness (QED) is 0.787. The molecule has 4 nitrogen and oxygen atoms in total. The van der Waals surface area contributed by atoms with Gasteiger partial charge in [-0.1, -0.05) is 13.8 Å². The second-order valence-corrected chi connectivity index (χ2v) is 4.12. The Morgan fingerprint density at radius 1 is 1.60 bits per heavy atom. The van der Waals surface area contributed by atoms with E-state index in [1.165, 1.54) is 0 Å². The molecule has 0 spiro atoms. The fourth-order valence-corrected chi connectivity index (χ4v) is 1.36. The number of carbonyl (C=O) groups is 1. The first-order valence-electron chi connectivity index (χ1n) is 5.34. The molecular formula is C11H19N3O. The van der Waals surface area contributed by atoms with Gasteiger partial charge in [-0.15, -0.1) is 0 Å². The number of ketones is 1. The summed E-state index contributed by atoms with van der Waals surface area (Å²) >= 11 is 0. The Morgan fingerprint density at radius 3 is 2.73 bits per heavy atom. The van der Waals surface area contributed by atoms with Crippen LogP contribution in [0.15, 0.2) is 12.4 Å². The Balaban J connectivity index is 2.58. The van der Waals surface area contributed by atoms with Gasteiger partial charge in [0.25, 0.3) is 0 Å².